The molecule has 22 heavy (non-hydrogen) atoms. The molecule has 0 fully saturated rings. The lowest BCUT2D eigenvalue weighted by Gasteiger charge is -2.08. The summed E-state index contributed by atoms with van der Waals surface area (Å²) < 4.78 is 0. The van der Waals surface area contributed by atoms with Crippen molar-refractivity contribution in [3.8, 4) is 6.07 Å². The summed E-state index contributed by atoms with van der Waals surface area (Å²) in [4.78, 5) is 27.1. The SMILES string of the molecule is N#Cc1cc(Cl)ccc1NC(=O)c1cc2c([nH]c1=O)CCC2. The Morgan fingerprint density at radius 1 is 1.32 bits per heavy atom. The number of hydrogen-bond donors (Lipinski definition) is 2. The number of amides is 1. The van der Waals surface area contributed by atoms with Gasteiger partial charge in [0.05, 0.1) is 11.3 Å². The van der Waals surface area contributed by atoms with Crippen molar-refractivity contribution in [1.29, 1.82) is 5.26 Å². The Labute approximate surface area is 131 Å². The number of aryl methyl sites for hydroxylation is 2. The van der Waals surface area contributed by atoms with Gasteiger partial charge in [-0.2, -0.15) is 5.26 Å². The van der Waals surface area contributed by atoms with Crippen molar-refractivity contribution < 1.29 is 4.79 Å². The molecule has 2 aromatic rings. The number of halogens is 1. The third-order valence-electron chi connectivity index (χ3n) is 3.68. The standard InChI is InChI=1S/C16H12ClN3O2/c17-11-4-5-14(10(6-11)8-18)20-16(22)12-7-9-2-1-3-13(9)19-15(12)21/h4-7H,1-3H2,(H,19,21)(H,20,22). The number of fused-ring (bicyclic) bond motifs is 1. The van der Waals surface area contributed by atoms with E-state index >= 15 is 0 Å². The van der Waals surface area contributed by atoms with Crippen molar-refractivity contribution in [1.82, 2.24) is 4.98 Å². The third kappa shape index (κ3) is 2.61. The Hall–Kier alpha value is -2.58. The molecule has 0 spiro atoms. The Kier molecular flexibility index (Phi) is 3.70. The average Bonchev–Trinajstić information content (AvgIpc) is 2.95. The fraction of sp³-hybridized carbons (Fsp3) is 0.188. The number of nitriles is 1. The van der Waals surface area contributed by atoms with Crippen molar-refractivity contribution in [3.63, 3.8) is 0 Å². The molecule has 1 heterocycles. The van der Waals surface area contributed by atoms with Crippen LogP contribution in [0.1, 0.15) is 33.6 Å². The predicted octanol–water partition coefficient (Wildman–Crippen LogP) is 2.64. The number of anilines is 1. The summed E-state index contributed by atoms with van der Waals surface area (Å²) in [5, 5.41) is 12.1. The van der Waals surface area contributed by atoms with Crippen LogP contribution in [-0.4, -0.2) is 10.9 Å². The predicted molar refractivity (Wildman–Crippen MR) is 83.2 cm³/mol. The van der Waals surface area contributed by atoms with Gasteiger partial charge in [0, 0.05) is 10.7 Å². The number of nitrogens with zero attached hydrogens (tertiary/aromatic N) is 1. The Bertz CT molecular complexity index is 865. The number of aromatic amines is 1. The lowest BCUT2D eigenvalue weighted by atomic mass is 10.1. The van der Waals surface area contributed by atoms with Crippen molar-refractivity contribution in [2.75, 3.05) is 5.32 Å². The number of aromatic nitrogens is 1. The van der Waals surface area contributed by atoms with Crippen LogP contribution in [-0.2, 0) is 12.8 Å². The minimum absolute atomic E-state index is 0.0551. The minimum Gasteiger partial charge on any atom is -0.325 e. The first-order chi connectivity index (χ1) is 10.6. The molecule has 3 rings (SSSR count). The van der Waals surface area contributed by atoms with E-state index in [0.29, 0.717) is 10.7 Å². The number of hydrogen-bond acceptors (Lipinski definition) is 3. The summed E-state index contributed by atoms with van der Waals surface area (Å²) >= 11 is 5.82. The second-order valence-corrected chi connectivity index (χ2v) is 5.56. The monoisotopic (exact) mass is 313 g/mol. The number of rotatable bonds is 2. The summed E-state index contributed by atoms with van der Waals surface area (Å²) in [7, 11) is 0. The average molecular weight is 314 g/mol. The van der Waals surface area contributed by atoms with Crippen LogP contribution in [0, 0.1) is 11.3 Å². The first kappa shape index (κ1) is 14.4. The zero-order valence-corrected chi connectivity index (χ0v) is 12.3. The van der Waals surface area contributed by atoms with Gasteiger partial charge in [-0.3, -0.25) is 9.59 Å². The van der Waals surface area contributed by atoms with Crippen LogP contribution in [0.5, 0.6) is 0 Å². The maximum Gasteiger partial charge on any atom is 0.261 e. The van der Waals surface area contributed by atoms with Crippen LogP contribution < -0.4 is 10.9 Å². The molecule has 0 bridgehead atoms. The van der Waals surface area contributed by atoms with Gasteiger partial charge in [-0.05, 0) is 49.1 Å². The lowest BCUT2D eigenvalue weighted by Crippen LogP contribution is -2.24. The van der Waals surface area contributed by atoms with Gasteiger partial charge in [0.2, 0.25) is 0 Å². The summed E-state index contributed by atoms with van der Waals surface area (Å²) in [6, 6.07) is 8.18. The highest BCUT2D eigenvalue weighted by atomic mass is 35.5. The first-order valence-electron chi connectivity index (χ1n) is 6.84. The molecule has 1 aromatic carbocycles. The minimum atomic E-state index is -0.533. The number of pyridine rings is 1. The van der Waals surface area contributed by atoms with E-state index in [2.05, 4.69) is 10.3 Å². The van der Waals surface area contributed by atoms with E-state index in [0.717, 1.165) is 30.5 Å². The molecule has 0 unspecified atom stereocenters. The second kappa shape index (κ2) is 5.66. The molecule has 5 nitrogen and oxygen atoms in total. The first-order valence-corrected chi connectivity index (χ1v) is 7.22. The van der Waals surface area contributed by atoms with Crippen LogP contribution in [0.25, 0.3) is 0 Å². The number of nitrogens with one attached hydrogen (secondary N) is 2. The molecule has 0 radical (unpaired) electrons. The largest absolute Gasteiger partial charge is 0.325 e. The molecule has 110 valence electrons. The molecule has 2 N–H and O–H groups in total. The Morgan fingerprint density at radius 3 is 2.91 bits per heavy atom. The summed E-state index contributed by atoms with van der Waals surface area (Å²) in [6.07, 6.45) is 2.67. The number of benzene rings is 1. The van der Waals surface area contributed by atoms with Crippen molar-refractivity contribution >= 4 is 23.2 Å². The van der Waals surface area contributed by atoms with Crippen LogP contribution in [0.3, 0.4) is 0 Å². The van der Waals surface area contributed by atoms with E-state index in [1.165, 1.54) is 6.07 Å². The van der Waals surface area contributed by atoms with E-state index in [9.17, 15) is 9.59 Å². The van der Waals surface area contributed by atoms with E-state index in [4.69, 9.17) is 16.9 Å². The van der Waals surface area contributed by atoms with Crippen molar-refractivity contribution in [3.05, 3.63) is 62.0 Å². The third-order valence-corrected chi connectivity index (χ3v) is 3.92. The fourth-order valence-electron chi connectivity index (χ4n) is 2.59. The molecule has 0 saturated carbocycles. The number of carbonyl (C=O) groups excluding carboxylic acids is 1. The van der Waals surface area contributed by atoms with Crippen LogP contribution in [0.15, 0.2) is 29.1 Å². The van der Waals surface area contributed by atoms with Gasteiger partial charge in [0.25, 0.3) is 11.5 Å². The quantitative estimate of drug-likeness (QED) is 0.893. The van der Waals surface area contributed by atoms with E-state index in [1.807, 2.05) is 6.07 Å². The molecular formula is C16H12ClN3O2. The van der Waals surface area contributed by atoms with Crippen LogP contribution >= 0.6 is 11.6 Å². The van der Waals surface area contributed by atoms with Gasteiger partial charge in [0.1, 0.15) is 11.6 Å². The maximum absolute atomic E-state index is 12.3. The Balaban J connectivity index is 1.93. The van der Waals surface area contributed by atoms with Crippen molar-refractivity contribution in [2.24, 2.45) is 0 Å². The van der Waals surface area contributed by atoms with Gasteiger partial charge in [0.15, 0.2) is 0 Å². The molecular weight excluding hydrogens is 302 g/mol. The highest BCUT2D eigenvalue weighted by Gasteiger charge is 2.18. The van der Waals surface area contributed by atoms with Gasteiger partial charge < -0.3 is 10.3 Å². The van der Waals surface area contributed by atoms with E-state index in [-0.39, 0.29) is 11.1 Å². The van der Waals surface area contributed by atoms with Gasteiger partial charge in [-0.25, -0.2) is 0 Å². The molecule has 1 amide bonds. The van der Waals surface area contributed by atoms with E-state index < -0.39 is 11.5 Å². The molecule has 1 aliphatic rings. The smallest absolute Gasteiger partial charge is 0.261 e. The normalized spacial score (nSPS) is 12.5. The highest BCUT2D eigenvalue weighted by Crippen LogP contribution is 2.22. The van der Waals surface area contributed by atoms with Crippen molar-refractivity contribution in [2.45, 2.75) is 19.3 Å². The molecule has 6 heteroatoms. The second-order valence-electron chi connectivity index (χ2n) is 5.13. The number of H-pyrrole nitrogens is 1. The Morgan fingerprint density at radius 2 is 2.14 bits per heavy atom. The molecule has 1 aliphatic carbocycles. The molecule has 0 atom stereocenters. The van der Waals surface area contributed by atoms with Gasteiger partial charge in [-0.15, -0.1) is 0 Å². The highest BCUT2D eigenvalue weighted by molar-refractivity contribution is 6.30. The molecule has 1 aromatic heterocycles. The van der Waals surface area contributed by atoms with Gasteiger partial charge in [-0.1, -0.05) is 11.6 Å². The zero-order chi connectivity index (χ0) is 15.7. The topological polar surface area (TPSA) is 85.8 Å². The maximum atomic E-state index is 12.3. The lowest BCUT2D eigenvalue weighted by molar-refractivity contribution is 0.102. The summed E-state index contributed by atoms with van der Waals surface area (Å²) in [6.45, 7) is 0. The molecule has 0 saturated heterocycles. The molecule has 0 aliphatic heterocycles. The van der Waals surface area contributed by atoms with Crippen LogP contribution in [0.4, 0.5) is 5.69 Å². The summed E-state index contributed by atoms with van der Waals surface area (Å²) in [5.74, 6) is -0.533. The zero-order valence-electron chi connectivity index (χ0n) is 11.6. The summed E-state index contributed by atoms with van der Waals surface area (Å²) in [5.41, 5.74) is 2.13. The van der Waals surface area contributed by atoms with Gasteiger partial charge >= 0.3 is 0 Å². The number of carbonyl (C=O) groups is 1. The van der Waals surface area contributed by atoms with E-state index in [1.54, 1.807) is 18.2 Å². The van der Waals surface area contributed by atoms with Crippen LogP contribution in [0.2, 0.25) is 5.02 Å². The fourth-order valence-corrected chi connectivity index (χ4v) is 2.76.